The highest BCUT2D eigenvalue weighted by atomic mass is 16.2. The van der Waals surface area contributed by atoms with Crippen molar-refractivity contribution in [3.05, 3.63) is 0 Å². The third kappa shape index (κ3) is 2.88. The number of likely N-dealkylation sites (tertiary alicyclic amines) is 1. The second-order valence-corrected chi connectivity index (χ2v) is 7.41. The van der Waals surface area contributed by atoms with Crippen molar-refractivity contribution in [3.63, 3.8) is 0 Å². The zero-order chi connectivity index (χ0) is 14.1. The lowest BCUT2D eigenvalue weighted by Gasteiger charge is -2.37. The van der Waals surface area contributed by atoms with Crippen LogP contribution in [0, 0.1) is 17.8 Å². The summed E-state index contributed by atoms with van der Waals surface area (Å²) >= 11 is 0. The van der Waals surface area contributed by atoms with E-state index in [1.54, 1.807) is 0 Å². The first-order valence-corrected chi connectivity index (χ1v) is 8.63. The van der Waals surface area contributed by atoms with Gasteiger partial charge in [-0.15, -0.1) is 0 Å². The standard InChI is InChI=1S/C17H30N2O/c1-18(2)12-10-13-7-5-6-11-19(13)17(20)16-14-8-3-4-9-15(14)16/h13-16H,3-12H2,1-2H3/t13-,14-,15-/m0/s1. The molecule has 2 saturated carbocycles. The van der Waals surface area contributed by atoms with Gasteiger partial charge in [0.05, 0.1) is 0 Å². The molecule has 1 amide bonds. The van der Waals surface area contributed by atoms with Gasteiger partial charge in [-0.1, -0.05) is 12.8 Å². The molecule has 0 aromatic heterocycles. The summed E-state index contributed by atoms with van der Waals surface area (Å²) in [6.07, 6.45) is 10.2. The SMILES string of the molecule is CN(C)CC[C@@H]1CCCCN1C(=O)C1[C@H]2CCCC[C@H]12. The maximum Gasteiger partial charge on any atom is 0.226 e. The van der Waals surface area contributed by atoms with Crippen molar-refractivity contribution in [1.29, 1.82) is 0 Å². The van der Waals surface area contributed by atoms with Gasteiger partial charge in [-0.05, 0) is 71.0 Å². The van der Waals surface area contributed by atoms with Crippen LogP contribution in [0.4, 0.5) is 0 Å². The molecule has 3 rings (SSSR count). The lowest BCUT2D eigenvalue weighted by Crippen LogP contribution is -2.46. The van der Waals surface area contributed by atoms with Crippen LogP contribution in [0.1, 0.15) is 51.4 Å². The van der Waals surface area contributed by atoms with E-state index in [-0.39, 0.29) is 0 Å². The molecule has 3 nitrogen and oxygen atoms in total. The van der Waals surface area contributed by atoms with Crippen LogP contribution >= 0.6 is 0 Å². The minimum Gasteiger partial charge on any atom is -0.339 e. The molecule has 1 aliphatic heterocycles. The second-order valence-electron chi connectivity index (χ2n) is 7.41. The highest BCUT2D eigenvalue weighted by Crippen LogP contribution is 2.56. The van der Waals surface area contributed by atoms with Gasteiger partial charge in [0.2, 0.25) is 5.91 Å². The highest BCUT2D eigenvalue weighted by molar-refractivity contribution is 5.82. The molecule has 3 heteroatoms. The summed E-state index contributed by atoms with van der Waals surface area (Å²) in [6, 6.07) is 0.515. The molecular weight excluding hydrogens is 248 g/mol. The molecule has 0 aromatic rings. The summed E-state index contributed by atoms with van der Waals surface area (Å²) < 4.78 is 0. The van der Waals surface area contributed by atoms with Crippen molar-refractivity contribution in [2.75, 3.05) is 27.2 Å². The van der Waals surface area contributed by atoms with Gasteiger partial charge in [0, 0.05) is 18.5 Å². The molecule has 0 N–H and O–H groups in total. The molecule has 20 heavy (non-hydrogen) atoms. The molecule has 1 heterocycles. The Labute approximate surface area is 123 Å². The van der Waals surface area contributed by atoms with Crippen molar-refractivity contribution in [2.45, 2.75) is 57.4 Å². The molecule has 0 aromatic carbocycles. The molecule has 1 saturated heterocycles. The second kappa shape index (κ2) is 6.05. The maximum absolute atomic E-state index is 12.9. The fraction of sp³-hybridized carbons (Fsp3) is 0.941. The summed E-state index contributed by atoms with van der Waals surface area (Å²) in [7, 11) is 4.26. The van der Waals surface area contributed by atoms with Crippen LogP contribution < -0.4 is 0 Å². The number of nitrogens with zero attached hydrogens (tertiary/aromatic N) is 2. The average molecular weight is 278 g/mol. The molecular formula is C17H30N2O. The quantitative estimate of drug-likeness (QED) is 0.789. The summed E-state index contributed by atoms with van der Waals surface area (Å²) in [6.45, 7) is 2.12. The van der Waals surface area contributed by atoms with Crippen molar-refractivity contribution >= 4 is 5.91 Å². The van der Waals surface area contributed by atoms with Crippen molar-refractivity contribution in [2.24, 2.45) is 17.8 Å². The van der Waals surface area contributed by atoms with E-state index < -0.39 is 0 Å². The van der Waals surface area contributed by atoms with Gasteiger partial charge in [-0.2, -0.15) is 0 Å². The minimum absolute atomic E-state index is 0.414. The van der Waals surface area contributed by atoms with E-state index >= 15 is 0 Å². The van der Waals surface area contributed by atoms with Crippen LogP contribution in [-0.2, 0) is 4.79 Å². The van der Waals surface area contributed by atoms with E-state index in [1.807, 2.05) is 0 Å². The Morgan fingerprint density at radius 1 is 1.05 bits per heavy atom. The van der Waals surface area contributed by atoms with Crippen LogP contribution in [-0.4, -0.2) is 48.9 Å². The predicted molar refractivity (Wildman–Crippen MR) is 81.5 cm³/mol. The smallest absolute Gasteiger partial charge is 0.226 e. The molecule has 3 aliphatic rings. The predicted octanol–water partition coefficient (Wildman–Crippen LogP) is 2.76. The number of hydrogen-bond donors (Lipinski definition) is 0. The van der Waals surface area contributed by atoms with E-state index in [0.717, 1.165) is 31.3 Å². The number of carbonyl (C=O) groups excluding carboxylic acids is 1. The number of fused-ring (bicyclic) bond motifs is 1. The number of carbonyl (C=O) groups is 1. The fourth-order valence-corrected chi connectivity index (χ4v) is 4.55. The van der Waals surface area contributed by atoms with Crippen molar-refractivity contribution in [1.82, 2.24) is 9.80 Å². The Bertz CT molecular complexity index is 343. The molecule has 2 aliphatic carbocycles. The van der Waals surface area contributed by atoms with Gasteiger partial charge in [0.15, 0.2) is 0 Å². The Kier molecular flexibility index (Phi) is 4.34. The van der Waals surface area contributed by atoms with Gasteiger partial charge in [-0.3, -0.25) is 4.79 Å². The number of amides is 1. The Hall–Kier alpha value is -0.570. The summed E-state index contributed by atoms with van der Waals surface area (Å²) in [5, 5.41) is 0. The lowest BCUT2D eigenvalue weighted by atomic mass is 9.98. The molecule has 3 atom stereocenters. The van der Waals surface area contributed by atoms with Crippen LogP contribution in [0.15, 0.2) is 0 Å². The Morgan fingerprint density at radius 3 is 2.35 bits per heavy atom. The van der Waals surface area contributed by atoms with Gasteiger partial charge in [0.25, 0.3) is 0 Å². The van der Waals surface area contributed by atoms with Gasteiger partial charge in [-0.25, -0.2) is 0 Å². The third-order valence-corrected chi connectivity index (χ3v) is 5.76. The normalized spacial score (nSPS) is 36.9. The highest BCUT2D eigenvalue weighted by Gasteiger charge is 2.56. The van der Waals surface area contributed by atoms with E-state index in [2.05, 4.69) is 23.9 Å². The molecule has 114 valence electrons. The lowest BCUT2D eigenvalue weighted by molar-refractivity contribution is -0.137. The monoisotopic (exact) mass is 278 g/mol. The first-order valence-electron chi connectivity index (χ1n) is 8.63. The zero-order valence-corrected chi connectivity index (χ0v) is 13.2. The van der Waals surface area contributed by atoms with E-state index in [0.29, 0.717) is 17.9 Å². The molecule has 0 unspecified atom stereocenters. The molecule has 0 radical (unpaired) electrons. The third-order valence-electron chi connectivity index (χ3n) is 5.76. The summed E-state index contributed by atoms with van der Waals surface area (Å²) in [5.74, 6) is 2.45. The zero-order valence-electron chi connectivity index (χ0n) is 13.2. The number of piperidine rings is 1. The number of rotatable bonds is 4. The topological polar surface area (TPSA) is 23.6 Å². The first kappa shape index (κ1) is 14.4. The van der Waals surface area contributed by atoms with E-state index in [1.165, 1.54) is 44.9 Å². The molecule has 3 fully saturated rings. The van der Waals surface area contributed by atoms with Crippen molar-refractivity contribution < 1.29 is 4.79 Å². The maximum atomic E-state index is 12.9. The van der Waals surface area contributed by atoms with Crippen LogP contribution in [0.25, 0.3) is 0 Å². The van der Waals surface area contributed by atoms with Crippen LogP contribution in [0.2, 0.25) is 0 Å². The van der Waals surface area contributed by atoms with Gasteiger partial charge >= 0.3 is 0 Å². The average Bonchev–Trinajstić information content (AvgIpc) is 3.19. The largest absolute Gasteiger partial charge is 0.339 e. The molecule has 0 bridgehead atoms. The first-order chi connectivity index (χ1) is 9.68. The summed E-state index contributed by atoms with van der Waals surface area (Å²) in [4.78, 5) is 17.4. The van der Waals surface area contributed by atoms with Gasteiger partial charge in [0.1, 0.15) is 0 Å². The van der Waals surface area contributed by atoms with Crippen molar-refractivity contribution in [3.8, 4) is 0 Å². The van der Waals surface area contributed by atoms with Crippen LogP contribution in [0.3, 0.4) is 0 Å². The minimum atomic E-state index is 0.414. The fourth-order valence-electron chi connectivity index (χ4n) is 4.55. The molecule has 0 spiro atoms. The van der Waals surface area contributed by atoms with Crippen LogP contribution in [0.5, 0.6) is 0 Å². The van der Waals surface area contributed by atoms with E-state index in [9.17, 15) is 4.79 Å². The Morgan fingerprint density at radius 2 is 1.70 bits per heavy atom. The van der Waals surface area contributed by atoms with E-state index in [4.69, 9.17) is 0 Å². The Balaban J connectivity index is 1.59. The summed E-state index contributed by atoms with van der Waals surface area (Å²) in [5.41, 5.74) is 0. The number of hydrogen-bond acceptors (Lipinski definition) is 2. The van der Waals surface area contributed by atoms with Gasteiger partial charge < -0.3 is 9.80 Å².